The quantitative estimate of drug-likeness (QED) is 0.652. The molecule has 2 aromatic rings. The second kappa shape index (κ2) is 10.3. The number of amides is 1. The number of hydrogen-bond donors (Lipinski definition) is 2. The average Bonchev–Trinajstić information content (AvgIpc) is 2.77. The van der Waals surface area contributed by atoms with Gasteiger partial charge in [-0.1, -0.05) is 31.5 Å². The molecule has 1 aliphatic heterocycles. The standard InChI is InChI=1S/C22H32N6O3/c1-3-5-11-28-20(23)19(21(30)24-22(28)31)27(4-2)18(29)16-25-12-14-26(15-13-25)17-9-7-6-8-10-17/h6-10H,3-5,11-16,23H2,1-2H3,(H,24,30,31). The number of benzene rings is 1. The van der Waals surface area contributed by atoms with Gasteiger partial charge in [-0.15, -0.1) is 0 Å². The van der Waals surface area contributed by atoms with Crippen LogP contribution in [0.25, 0.3) is 0 Å². The number of carbonyl (C=O) groups is 1. The summed E-state index contributed by atoms with van der Waals surface area (Å²) in [5.74, 6) is -0.153. The Balaban J connectivity index is 1.71. The number of carbonyl (C=O) groups excluding carboxylic acids is 1. The van der Waals surface area contributed by atoms with Crippen molar-refractivity contribution in [3.05, 3.63) is 51.2 Å². The van der Waals surface area contributed by atoms with Crippen LogP contribution in [0.5, 0.6) is 0 Å². The maximum absolute atomic E-state index is 13.1. The second-order valence-corrected chi connectivity index (χ2v) is 7.74. The summed E-state index contributed by atoms with van der Waals surface area (Å²) in [6.45, 7) is 7.85. The van der Waals surface area contributed by atoms with Crippen molar-refractivity contribution in [3.63, 3.8) is 0 Å². The first-order valence-corrected chi connectivity index (χ1v) is 10.9. The van der Waals surface area contributed by atoms with Crippen molar-refractivity contribution in [1.82, 2.24) is 14.5 Å². The van der Waals surface area contributed by atoms with Crippen LogP contribution in [0.3, 0.4) is 0 Å². The van der Waals surface area contributed by atoms with Gasteiger partial charge in [0.15, 0.2) is 5.69 Å². The van der Waals surface area contributed by atoms with Crippen LogP contribution in [0, 0.1) is 0 Å². The van der Waals surface area contributed by atoms with Crippen molar-refractivity contribution >= 4 is 23.1 Å². The predicted octanol–water partition coefficient (Wildman–Crippen LogP) is 1.09. The third-order valence-electron chi connectivity index (χ3n) is 5.69. The first-order valence-electron chi connectivity index (χ1n) is 10.9. The molecule has 0 radical (unpaired) electrons. The molecular formula is C22H32N6O3. The molecule has 2 heterocycles. The lowest BCUT2D eigenvalue weighted by Crippen LogP contribution is -2.51. The Hall–Kier alpha value is -3.07. The smallest absolute Gasteiger partial charge is 0.330 e. The summed E-state index contributed by atoms with van der Waals surface area (Å²) >= 11 is 0. The summed E-state index contributed by atoms with van der Waals surface area (Å²) < 4.78 is 1.34. The average molecular weight is 429 g/mol. The predicted molar refractivity (Wildman–Crippen MR) is 124 cm³/mol. The van der Waals surface area contributed by atoms with Crippen molar-refractivity contribution in [2.75, 3.05) is 54.8 Å². The van der Waals surface area contributed by atoms with Crippen molar-refractivity contribution in [3.8, 4) is 0 Å². The van der Waals surface area contributed by atoms with Gasteiger partial charge >= 0.3 is 5.69 Å². The number of nitrogens with two attached hydrogens (primary N) is 1. The second-order valence-electron chi connectivity index (χ2n) is 7.74. The number of likely N-dealkylation sites (N-methyl/N-ethyl adjacent to an activating group) is 1. The number of nitrogens with one attached hydrogen (secondary N) is 1. The van der Waals surface area contributed by atoms with Crippen molar-refractivity contribution in [1.29, 1.82) is 0 Å². The number of anilines is 3. The molecule has 3 N–H and O–H groups in total. The van der Waals surface area contributed by atoms with Crippen LogP contribution in [-0.4, -0.2) is 59.6 Å². The summed E-state index contributed by atoms with van der Waals surface area (Å²) in [6, 6.07) is 10.2. The van der Waals surface area contributed by atoms with Crippen LogP contribution in [0.1, 0.15) is 26.7 Å². The number of piperazine rings is 1. The monoisotopic (exact) mass is 428 g/mol. The van der Waals surface area contributed by atoms with Crippen LogP contribution in [0.2, 0.25) is 0 Å². The fourth-order valence-electron chi connectivity index (χ4n) is 3.92. The zero-order valence-electron chi connectivity index (χ0n) is 18.3. The Morgan fingerprint density at radius 2 is 1.77 bits per heavy atom. The lowest BCUT2D eigenvalue weighted by molar-refractivity contribution is -0.119. The Labute approximate surface area is 182 Å². The molecule has 1 aromatic carbocycles. The molecule has 31 heavy (non-hydrogen) atoms. The van der Waals surface area contributed by atoms with Gasteiger partial charge in [0.2, 0.25) is 5.91 Å². The van der Waals surface area contributed by atoms with Gasteiger partial charge in [0.05, 0.1) is 6.54 Å². The first kappa shape index (κ1) is 22.6. The summed E-state index contributed by atoms with van der Waals surface area (Å²) in [6.07, 6.45) is 1.63. The van der Waals surface area contributed by atoms with Gasteiger partial charge in [0.1, 0.15) is 5.82 Å². The molecule has 9 nitrogen and oxygen atoms in total. The van der Waals surface area contributed by atoms with Crippen LogP contribution in [0.15, 0.2) is 39.9 Å². The van der Waals surface area contributed by atoms with Gasteiger partial charge in [-0.3, -0.25) is 24.0 Å². The highest BCUT2D eigenvalue weighted by atomic mass is 16.2. The molecule has 1 amide bonds. The number of hydrogen-bond acceptors (Lipinski definition) is 6. The van der Waals surface area contributed by atoms with Crippen molar-refractivity contribution in [2.24, 2.45) is 0 Å². The van der Waals surface area contributed by atoms with Gasteiger partial charge in [-0.2, -0.15) is 0 Å². The molecule has 0 saturated carbocycles. The Morgan fingerprint density at radius 3 is 2.39 bits per heavy atom. The number of rotatable bonds is 8. The van der Waals surface area contributed by atoms with Crippen molar-refractivity contribution in [2.45, 2.75) is 33.2 Å². The Kier molecular flexibility index (Phi) is 7.51. The van der Waals surface area contributed by atoms with Gasteiger partial charge in [-0.25, -0.2) is 4.79 Å². The van der Waals surface area contributed by atoms with E-state index in [9.17, 15) is 14.4 Å². The fraction of sp³-hybridized carbons (Fsp3) is 0.500. The van der Waals surface area contributed by atoms with E-state index in [0.717, 1.165) is 39.0 Å². The molecule has 9 heteroatoms. The van der Waals surface area contributed by atoms with Crippen LogP contribution in [-0.2, 0) is 11.3 Å². The summed E-state index contributed by atoms with van der Waals surface area (Å²) in [5.41, 5.74) is 6.26. The SMILES string of the molecule is CCCCn1c(N)c(N(CC)C(=O)CN2CCN(c3ccccc3)CC2)c(=O)[nH]c1=O. The summed E-state index contributed by atoms with van der Waals surface area (Å²) in [5, 5.41) is 0. The molecular weight excluding hydrogens is 396 g/mol. The highest BCUT2D eigenvalue weighted by Crippen LogP contribution is 2.19. The minimum Gasteiger partial charge on any atom is -0.383 e. The molecule has 168 valence electrons. The number of para-hydroxylation sites is 1. The highest BCUT2D eigenvalue weighted by Gasteiger charge is 2.26. The molecule has 0 bridgehead atoms. The Bertz CT molecular complexity index is 993. The number of H-pyrrole nitrogens is 1. The molecule has 1 aliphatic rings. The van der Waals surface area contributed by atoms with Gasteiger partial charge in [0, 0.05) is 45.0 Å². The van der Waals surface area contributed by atoms with E-state index in [0.29, 0.717) is 13.1 Å². The Morgan fingerprint density at radius 1 is 1.10 bits per heavy atom. The number of nitrogens with zero attached hydrogens (tertiary/aromatic N) is 4. The van der Waals surface area contributed by atoms with Gasteiger partial charge in [-0.05, 0) is 25.5 Å². The molecule has 3 rings (SSSR count). The lowest BCUT2D eigenvalue weighted by Gasteiger charge is -2.36. The molecule has 0 atom stereocenters. The number of unbranched alkanes of at least 4 members (excludes halogenated alkanes) is 1. The summed E-state index contributed by atoms with van der Waals surface area (Å²) in [4.78, 5) is 45.9. The van der Waals surface area contributed by atoms with E-state index in [2.05, 4.69) is 26.9 Å². The fourth-order valence-corrected chi connectivity index (χ4v) is 3.92. The van der Waals surface area contributed by atoms with E-state index in [1.165, 1.54) is 15.2 Å². The minimum atomic E-state index is -0.626. The van der Waals surface area contributed by atoms with Crippen LogP contribution in [0.4, 0.5) is 17.2 Å². The number of nitrogen functional groups attached to an aromatic ring is 1. The van der Waals surface area contributed by atoms with E-state index in [1.54, 1.807) is 6.92 Å². The van der Waals surface area contributed by atoms with Crippen LogP contribution >= 0.6 is 0 Å². The molecule has 1 saturated heterocycles. The molecule has 1 fully saturated rings. The van der Waals surface area contributed by atoms with E-state index in [4.69, 9.17) is 5.73 Å². The zero-order valence-corrected chi connectivity index (χ0v) is 18.3. The maximum Gasteiger partial charge on any atom is 0.330 e. The third kappa shape index (κ3) is 5.16. The van der Waals surface area contributed by atoms with E-state index < -0.39 is 11.2 Å². The normalized spacial score (nSPS) is 14.6. The van der Waals surface area contributed by atoms with Crippen molar-refractivity contribution < 1.29 is 4.79 Å². The largest absolute Gasteiger partial charge is 0.383 e. The number of aromatic amines is 1. The van der Waals surface area contributed by atoms with E-state index >= 15 is 0 Å². The zero-order chi connectivity index (χ0) is 22.4. The first-order chi connectivity index (χ1) is 15.0. The van der Waals surface area contributed by atoms with Gasteiger partial charge < -0.3 is 15.5 Å². The van der Waals surface area contributed by atoms with Crippen LogP contribution < -0.4 is 26.8 Å². The van der Waals surface area contributed by atoms with E-state index in [-0.39, 0.29) is 24.0 Å². The van der Waals surface area contributed by atoms with Gasteiger partial charge in [0.25, 0.3) is 5.56 Å². The molecule has 1 aromatic heterocycles. The lowest BCUT2D eigenvalue weighted by atomic mass is 10.2. The topological polar surface area (TPSA) is 108 Å². The summed E-state index contributed by atoms with van der Waals surface area (Å²) in [7, 11) is 0. The molecule has 0 aliphatic carbocycles. The molecule has 0 spiro atoms. The van der Waals surface area contributed by atoms with E-state index in [1.807, 2.05) is 25.1 Å². The maximum atomic E-state index is 13.1. The molecule has 0 unspecified atom stereocenters. The highest BCUT2D eigenvalue weighted by molar-refractivity contribution is 5.96. The third-order valence-corrected chi connectivity index (χ3v) is 5.69. The minimum absolute atomic E-state index is 0.0475. The number of aromatic nitrogens is 2.